The van der Waals surface area contributed by atoms with E-state index in [-0.39, 0.29) is 80.3 Å². The average molecular weight is 940 g/mol. The van der Waals surface area contributed by atoms with Gasteiger partial charge in [0.1, 0.15) is 0 Å². The van der Waals surface area contributed by atoms with Crippen molar-refractivity contribution in [2.24, 2.45) is 0 Å². The third-order valence-electron chi connectivity index (χ3n) is 7.72. The third-order valence-corrected chi connectivity index (χ3v) is 8.72. The van der Waals surface area contributed by atoms with E-state index in [1.807, 2.05) is 66.7 Å². The molecule has 0 aliphatic rings. The molecule has 8 aromatic rings. The predicted octanol–water partition coefficient (Wildman–Crippen LogP) is 11.7. The molecule has 52 heavy (non-hydrogen) atoms. The molecule has 8 rings (SSSR count). The fourth-order valence-corrected chi connectivity index (χ4v) is 5.87. The molecule has 6 aromatic carbocycles. The monoisotopic (exact) mass is 938 g/mol. The van der Waals surface area contributed by atoms with Crippen molar-refractivity contribution in [3.8, 4) is 33.6 Å². The van der Waals surface area contributed by atoms with Crippen LogP contribution in [0.25, 0.3) is 55.4 Å². The Hall–Kier alpha value is -2.35. The first-order valence-corrected chi connectivity index (χ1v) is 16.8. The van der Waals surface area contributed by atoms with Crippen LogP contribution in [0.3, 0.4) is 0 Å². The Kier molecular flexibility index (Phi) is 19.5. The van der Waals surface area contributed by atoms with Gasteiger partial charge in [-0.25, -0.2) is 0 Å². The van der Waals surface area contributed by atoms with Crippen molar-refractivity contribution in [1.82, 2.24) is 9.97 Å². The van der Waals surface area contributed by atoms with E-state index in [0.29, 0.717) is 5.46 Å². The molecule has 258 valence electrons. The number of benzene rings is 6. The molecule has 0 saturated heterocycles. The fraction of sp³-hybridized carbons (Fsp3) is 0. The number of halogens is 3. The quantitative estimate of drug-likeness (QED) is 0.105. The Morgan fingerprint density at radius 1 is 0.462 bits per heavy atom. The average Bonchev–Trinajstić information content (AvgIpc) is 3.74. The van der Waals surface area contributed by atoms with Gasteiger partial charge >= 0.3 is 7.12 Å². The molecule has 0 amide bonds. The predicted molar refractivity (Wildman–Crippen MR) is 220 cm³/mol. The van der Waals surface area contributed by atoms with E-state index in [9.17, 15) is 0 Å². The van der Waals surface area contributed by atoms with Gasteiger partial charge in [0.2, 0.25) is 0 Å². The number of fused-ring (bicyclic) bond motifs is 2. The maximum atomic E-state index is 8.58. The molecule has 0 fully saturated rings. The second kappa shape index (κ2) is 22.1. The Morgan fingerprint density at radius 2 is 0.885 bits per heavy atom. The number of hydrogen-bond acceptors (Lipinski definition) is 2. The molecule has 0 unspecified atom stereocenters. The number of H-pyrrole nitrogens is 2. The van der Waals surface area contributed by atoms with Crippen molar-refractivity contribution < 1.29 is 75.5 Å². The van der Waals surface area contributed by atoms with E-state index in [1.54, 1.807) is 24.3 Å². The Bertz CT molecular complexity index is 2250. The first-order chi connectivity index (χ1) is 23.3. The summed E-state index contributed by atoms with van der Waals surface area (Å²) in [7, 11) is -1.34. The van der Waals surface area contributed by atoms with Crippen LogP contribution in [0.2, 0.25) is 10.0 Å². The van der Waals surface area contributed by atoms with Gasteiger partial charge in [0.15, 0.2) is 0 Å². The van der Waals surface area contributed by atoms with Crippen LogP contribution in [0, 0.1) is 14.9 Å². The molecule has 4 N–H and O–H groups in total. The van der Waals surface area contributed by atoms with Crippen LogP contribution in [-0.4, -0.2) is 27.1 Å². The molecule has 2 radical (unpaired) electrons. The molecule has 10 heteroatoms. The minimum atomic E-state index is -1.34. The molecule has 0 aliphatic carbocycles. The van der Waals surface area contributed by atoms with Crippen LogP contribution in [0.15, 0.2) is 162 Å². The SMILES string of the molecule is Clc1ccc(-c2cc3cc(-c4ccccc4)ccc3[nH]2)cc1.Clc1ccc(-c2cc3cc(Br)ccc3[nH]2)cc1.OB(O)c1ccccc1.[CH3-].[CH3-].[Y].[Y]. The van der Waals surface area contributed by atoms with Crippen molar-refractivity contribution >= 4 is 73.5 Å². The zero-order chi connectivity index (χ0) is 33.5. The Morgan fingerprint density at radius 3 is 1.35 bits per heavy atom. The summed E-state index contributed by atoms with van der Waals surface area (Å²) in [6.07, 6.45) is 0. The van der Waals surface area contributed by atoms with Gasteiger partial charge in [0, 0.05) is 113 Å². The molecular weight excluding hydrogens is 904 g/mol. The normalized spacial score (nSPS) is 9.79. The van der Waals surface area contributed by atoms with E-state index in [1.165, 1.54) is 21.9 Å². The summed E-state index contributed by atoms with van der Waals surface area (Å²) in [6, 6.07) is 51.9. The van der Waals surface area contributed by atoms with Gasteiger partial charge in [0.25, 0.3) is 0 Å². The molecule has 0 bridgehead atoms. The van der Waals surface area contributed by atoms with Gasteiger partial charge in [0.05, 0.1) is 0 Å². The molecular formula is C42H36BBrCl2N2O2Y2-2. The van der Waals surface area contributed by atoms with Gasteiger partial charge in [-0.15, -0.1) is 0 Å². The van der Waals surface area contributed by atoms with E-state index >= 15 is 0 Å². The Labute approximate surface area is 375 Å². The number of hydrogen-bond donors (Lipinski definition) is 4. The standard InChI is InChI=1S/C20H14ClN.C14H9BrClN.C6H7BO2.2CH3.2Y/c21-18-9-6-15(7-10-18)20-13-17-12-16(8-11-19(17)22-20)14-4-2-1-3-5-14;15-11-3-6-13-10(7-11)8-14(17-13)9-1-4-12(16)5-2-9;8-7(9)6-4-2-1-3-5-6;;;;/h1-13,22H;1-8,17H;1-5,8-9H;2*1H3;;/q;;;2*-1;;. The summed E-state index contributed by atoms with van der Waals surface area (Å²) in [5.41, 5.74) is 9.77. The van der Waals surface area contributed by atoms with Crippen LogP contribution in [0.1, 0.15) is 0 Å². The van der Waals surface area contributed by atoms with E-state index in [0.717, 1.165) is 48.1 Å². The summed E-state index contributed by atoms with van der Waals surface area (Å²) in [5, 5.41) is 21.1. The van der Waals surface area contributed by atoms with Crippen molar-refractivity contribution in [2.45, 2.75) is 0 Å². The number of aromatic nitrogens is 2. The maximum absolute atomic E-state index is 8.58. The number of nitrogens with one attached hydrogen (secondary N) is 2. The minimum Gasteiger partial charge on any atom is -0.423 e. The van der Waals surface area contributed by atoms with Crippen molar-refractivity contribution in [2.75, 3.05) is 0 Å². The van der Waals surface area contributed by atoms with Gasteiger partial charge in [-0.2, -0.15) is 0 Å². The van der Waals surface area contributed by atoms with Gasteiger partial charge in [-0.3, -0.25) is 0 Å². The van der Waals surface area contributed by atoms with Gasteiger partial charge in [-0.1, -0.05) is 130 Å². The molecule has 0 spiro atoms. The largest absolute Gasteiger partial charge is 0.488 e. The molecule has 2 heterocycles. The molecule has 2 aromatic heterocycles. The zero-order valence-electron chi connectivity index (χ0n) is 28.8. The van der Waals surface area contributed by atoms with Crippen molar-refractivity contribution in [1.29, 1.82) is 0 Å². The van der Waals surface area contributed by atoms with Gasteiger partial charge < -0.3 is 34.9 Å². The van der Waals surface area contributed by atoms with Gasteiger partial charge in [-0.05, 0) is 94.4 Å². The summed E-state index contributed by atoms with van der Waals surface area (Å²) in [6.45, 7) is 0. The smallest absolute Gasteiger partial charge is 0.423 e. The summed E-state index contributed by atoms with van der Waals surface area (Å²) >= 11 is 15.3. The molecule has 0 aliphatic heterocycles. The van der Waals surface area contributed by atoms with Crippen LogP contribution in [0.5, 0.6) is 0 Å². The zero-order valence-corrected chi connectivity index (χ0v) is 37.5. The minimum absolute atomic E-state index is 0. The van der Waals surface area contributed by atoms with Crippen LogP contribution < -0.4 is 5.46 Å². The van der Waals surface area contributed by atoms with Crippen LogP contribution in [0.4, 0.5) is 0 Å². The first-order valence-electron chi connectivity index (χ1n) is 15.2. The van der Waals surface area contributed by atoms with E-state index < -0.39 is 7.12 Å². The van der Waals surface area contributed by atoms with Crippen molar-refractivity contribution in [3.63, 3.8) is 0 Å². The third kappa shape index (κ3) is 12.3. The molecule has 0 atom stereocenters. The summed E-state index contributed by atoms with van der Waals surface area (Å²) in [4.78, 5) is 6.86. The summed E-state index contributed by atoms with van der Waals surface area (Å²) in [5.74, 6) is 0. The fourth-order valence-electron chi connectivity index (χ4n) is 5.24. The van der Waals surface area contributed by atoms with Crippen LogP contribution >= 0.6 is 39.1 Å². The van der Waals surface area contributed by atoms with E-state index in [2.05, 4.69) is 92.6 Å². The van der Waals surface area contributed by atoms with Crippen molar-refractivity contribution in [3.05, 3.63) is 187 Å². The second-order valence-corrected chi connectivity index (χ2v) is 12.9. The van der Waals surface area contributed by atoms with Crippen LogP contribution in [-0.2, 0) is 65.4 Å². The topological polar surface area (TPSA) is 72.0 Å². The number of aromatic amines is 2. The van der Waals surface area contributed by atoms with E-state index in [4.69, 9.17) is 33.2 Å². The first kappa shape index (κ1) is 45.8. The number of rotatable bonds is 4. The Balaban J connectivity index is 0.000000280. The molecule has 4 nitrogen and oxygen atoms in total. The molecule has 0 saturated carbocycles. The second-order valence-electron chi connectivity index (χ2n) is 11.1. The maximum Gasteiger partial charge on any atom is 0.488 e. The summed E-state index contributed by atoms with van der Waals surface area (Å²) < 4.78 is 1.09.